The van der Waals surface area contributed by atoms with Gasteiger partial charge >= 0.3 is 0 Å². The summed E-state index contributed by atoms with van der Waals surface area (Å²) in [5.74, 6) is -0.289. The highest BCUT2D eigenvalue weighted by molar-refractivity contribution is 9.10. The second kappa shape index (κ2) is 10.3. The summed E-state index contributed by atoms with van der Waals surface area (Å²) in [6.07, 6.45) is 0. The van der Waals surface area contributed by atoms with Crippen molar-refractivity contribution in [3.8, 4) is 5.69 Å². The minimum absolute atomic E-state index is 0.211. The van der Waals surface area contributed by atoms with Crippen molar-refractivity contribution in [2.75, 3.05) is 23.3 Å². The Hall–Kier alpha value is -3.30. The Bertz CT molecular complexity index is 1350. The molecule has 1 aromatic heterocycles. The van der Waals surface area contributed by atoms with Crippen LogP contribution in [0.3, 0.4) is 0 Å². The molecule has 4 aromatic rings. The van der Waals surface area contributed by atoms with Crippen LogP contribution in [0.4, 0.5) is 11.4 Å². The van der Waals surface area contributed by atoms with E-state index in [1.807, 2.05) is 43.3 Å². The van der Waals surface area contributed by atoms with Crippen LogP contribution in [0.25, 0.3) is 16.7 Å². The first-order chi connectivity index (χ1) is 16.4. The van der Waals surface area contributed by atoms with Crippen LogP contribution >= 0.6 is 28.1 Å². The number of nitrogens with one attached hydrogen (secondary N) is 2. The largest absolute Gasteiger partial charge is 0.372 e. The highest BCUT2D eigenvalue weighted by Crippen LogP contribution is 2.23. The lowest BCUT2D eigenvalue weighted by atomic mass is 10.2. The molecule has 9 heteroatoms. The number of hydrogen-bond acceptors (Lipinski definition) is 5. The molecule has 0 saturated heterocycles. The number of rotatable bonds is 6. The van der Waals surface area contributed by atoms with Gasteiger partial charge in [-0.1, -0.05) is 12.1 Å². The molecular weight excluding hydrogens is 512 g/mol. The molecule has 0 bridgehead atoms. The molecule has 0 aliphatic carbocycles. The molecule has 174 valence electrons. The van der Waals surface area contributed by atoms with Crippen LogP contribution in [0, 0.1) is 6.92 Å². The number of carbonyl (C=O) groups is 1. The van der Waals surface area contributed by atoms with Gasteiger partial charge < -0.3 is 10.2 Å². The number of anilines is 2. The van der Waals surface area contributed by atoms with Crippen LogP contribution < -0.4 is 15.5 Å². The molecule has 0 fully saturated rings. The number of hydrogen-bond donors (Lipinski definition) is 2. The van der Waals surface area contributed by atoms with E-state index in [1.165, 1.54) is 5.69 Å². The van der Waals surface area contributed by atoms with Crippen molar-refractivity contribution >= 4 is 61.6 Å². The van der Waals surface area contributed by atoms with Gasteiger partial charge in [0.1, 0.15) is 11.0 Å². The van der Waals surface area contributed by atoms with Crippen LogP contribution in [0.2, 0.25) is 0 Å². The van der Waals surface area contributed by atoms with Crippen molar-refractivity contribution in [2.24, 2.45) is 0 Å². The van der Waals surface area contributed by atoms with Crippen LogP contribution in [-0.4, -0.2) is 39.1 Å². The maximum absolute atomic E-state index is 12.5. The van der Waals surface area contributed by atoms with Gasteiger partial charge in [-0.2, -0.15) is 4.80 Å². The summed E-state index contributed by atoms with van der Waals surface area (Å²) in [7, 11) is 0. The van der Waals surface area contributed by atoms with Crippen molar-refractivity contribution in [1.29, 1.82) is 0 Å². The first-order valence-corrected chi connectivity index (χ1v) is 12.2. The number of benzene rings is 3. The Morgan fingerprint density at radius 3 is 2.32 bits per heavy atom. The van der Waals surface area contributed by atoms with Crippen molar-refractivity contribution in [2.45, 2.75) is 20.8 Å². The number of nitrogens with zero attached hydrogens (tertiary/aromatic N) is 4. The zero-order valence-corrected chi connectivity index (χ0v) is 21.6. The molecule has 7 nitrogen and oxygen atoms in total. The molecule has 0 spiro atoms. The number of thiocarbonyl (C=S) groups is 1. The summed E-state index contributed by atoms with van der Waals surface area (Å²) in [4.78, 5) is 16.5. The fraction of sp³-hybridized carbons (Fsp3) is 0.200. The van der Waals surface area contributed by atoms with Gasteiger partial charge in [0, 0.05) is 28.9 Å². The average Bonchev–Trinajstić information content (AvgIpc) is 3.23. The molecule has 0 atom stereocenters. The fourth-order valence-corrected chi connectivity index (χ4v) is 4.34. The Kier molecular flexibility index (Phi) is 7.23. The second-order valence-corrected chi connectivity index (χ2v) is 8.98. The predicted octanol–water partition coefficient (Wildman–Crippen LogP) is 5.46. The lowest BCUT2D eigenvalue weighted by Crippen LogP contribution is -2.34. The summed E-state index contributed by atoms with van der Waals surface area (Å²) in [6.45, 7) is 8.16. The summed E-state index contributed by atoms with van der Waals surface area (Å²) in [5.41, 5.74) is 5.76. The van der Waals surface area contributed by atoms with E-state index in [-0.39, 0.29) is 11.0 Å². The number of aromatic nitrogens is 3. The van der Waals surface area contributed by atoms with Gasteiger partial charge in [0.15, 0.2) is 5.11 Å². The molecule has 0 aliphatic heterocycles. The van der Waals surface area contributed by atoms with Gasteiger partial charge in [-0.15, -0.1) is 10.2 Å². The Balaban J connectivity index is 1.52. The molecule has 0 unspecified atom stereocenters. The van der Waals surface area contributed by atoms with E-state index >= 15 is 0 Å². The molecule has 2 N–H and O–H groups in total. The van der Waals surface area contributed by atoms with Gasteiger partial charge in [-0.05, 0) is 103 Å². The predicted molar refractivity (Wildman–Crippen MR) is 145 cm³/mol. The normalized spacial score (nSPS) is 10.8. The van der Waals surface area contributed by atoms with Crippen molar-refractivity contribution in [3.63, 3.8) is 0 Å². The standard InChI is InChI=1S/C25H25BrN6OS/c1-4-31(5-2)17-10-12-18(13-11-17)32-29-22-14-16(3)21(15-23(22)30-32)27-25(34)28-24(33)19-8-6-7-9-20(19)26/h6-15H,4-5H2,1-3H3,(H2,27,28,33,34). The molecule has 3 aromatic carbocycles. The van der Waals surface area contributed by atoms with Gasteiger partial charge in [0.2, 0.25) is 0 Å². The van der Waals surface area contributed by atoms with Gasteiger partial charge in [0.05, 0.1) is 11.3 Å². The SMILES string of the molecule is CCN(CC)c1ccc(-n2nc3cc(C)c(NC(=S)NC(=O)c4ccccc4Br)cc3n2)cc1. The smallest absolute Gasteiger partial charge is 0.258 e. The van der Waals surface area contributed by atoms with E-state index in [4.69, 9.17) is 12.2 Å². The molecule has 0 saturated carbocycles. The zero-order chi connectivity index (χ0) is 24.2. The Morgan fingerprint density at radius 2 is 1.68 bits per heavy atom. The van der Waals surface area contributed by atoms with E-state index in [0.29, 0.717) is 10.0 Å². The molecule has 34 heavy (non-hydrogen) atoms. The topological polar surface area (TPSA) is 75.1 Å². The lowest BCUT2D eigenvalue weighted by Gasteiger charge is -2.20. The Labute approximate surface area is 212 Å². The molecule has 1 heterocycles. The van der Waals surface area contributed by atoms with E-state index < -0.39 is 0 Å². The van der Waals surface area contributed by atoms with E-state index in [9.17, 15) is 4.79 Å². The monoisotopic (exact) mass is 536 g/mol. The van der Waals surface area contributed by atoms with Crippen molar-refractivity contribution < 1.29 is 4.79 Å². The number of fused-ring (bicyclic) bond motifs is 1. The molecular formula is C25H25BrN6OS. The van der Waals surface area contributed by atoms with Gasteiger partial charge in [-0.3, -0.25) is 10.1 Å². The quantitative estimate of drug-likeness (QED) is 0.318. The van der Waals surface area contributed by atoms with Gasteiger partial charge in [0.25, 0.3) is 5.91 Å². The Morgan fingerprint density at radius 1 is 1.03 bits per heavy atom. The first kappa shape index (κ1) is 23.8. The van der Waals surface area contributed by atoms with Gasteiger partial charge in [-0.25, -0.2) is 0 Å². The van der Waals surface area contributed by atoms with E-state index in [2.05, 4.69) is 67.6 Å². The summed E-state index contributed by atoms with van der Waals surface area (Å²) >= 11 is 8.76. The second-order valence-electron chi connectivity index (χ2n) is 7.72. The number of amides is 1. The molecule has 4 rings (SSSR count). The van der Waals surface area contributed by atoms with Crippen LogP contribution in [-0.2, 0) is 0 Å². The number of halogens is 1. The summed E-state index contributed by atoms with van der Waals surface area (Å²) in [6, 6.07) is 19.2. The third-order valence-electron chi connectivity index (χ3n) is 5.53. The lowest BCUT2D eigenvalue weighted by molar-refractivity contribution is 0.0977. The highest BCUT2D eigenvalue weighted by atomic mass is 79.9. The van der Waals surface area contributed by atoms with Crippen molar-refractivity contribution in [1.82, 2.24) is 20.3 Å². The minimum Gasteiger partial charge on any atom is -0.372 e. The van der Waals surface area contributed by atoms with E-state index in [0.717, 1.165) is 41.1 Å². The fourth-order valence-electron chi connectivity index (χ4n) is 3.67. The highest BCUT2D eigenvalue weighted by Gasteiger charge is 2.13. The first-order valence-electron chi connectivity index (χ1n) is 11.0. The maximum atomic E-state index is 12.5. The van der Waals surface area contributed by atoms with E-state index in [1.54, 1.807) is 16.9 Å². The summed E-state index contributed by atoms with van der Waals surface area (Å²) < 4.78 is 0.703. The molecule has 1 amide bonds. The van der Waals surface area contributed by atoms with Crippen LogP contribution in [0.1, 0.15) is 29.8 Å². The summed E-state index contributed by atoms with van der Waals surface area (Å²) in [5, 5.41) is 15.3. The number of aryl methyl sites for hydroxylation is 1. The van der Waals surface area contributed by atoms with Crippen LogP contribution in [0.15, 0.2) is 65.1 Å². The average molecular weight is 537 g/mol. The number of carbonyl (C=O) groups excluding carboxylic acids is 1. The third-order valence-corrected chi connectivity index (χ3v) is 6.43. The minimum atomic E-state index is -0.289. The third kappa shape index (κ3) is 5.10. The van der Waals surface area contributed by atoms with Crippen molar-refractivity contribution in [3.05, 3.63) is 76.3 Å². The molecule has 0 radical (unpaired) electrons. The maximum Gasteiger partial charge on any atom is 0.258 e. The zero-order valence-electron chi connectivity index (χ0n) is 19.2. The van der Waals surface area contributed by atoms with Crippen LogP contribution in [0.5, 0.6) is 0 Å². The molecule has 0 aliphatic rings.